The van der Waals surface area contributed by atoms with Crippen LogP contribution in [0.1, 0.15) is 106 Å². The van der Waals surface area contributed by atoms with Crippen LogP contribution in [-0.4, -0.2) is 23.1 Å². The molecule has 0 saturated heterocycles. The van der Waals surface area contributed by atoms with Crippen LogP contribution in [0.2, 0.25) is 0 Å². The van der Waals surface area contributed by atoms with Gasteiger partial charge in [0.15, 0.2) is 11.6 Å². The molecule has 2 fully saturated rings. The zero-order valence-corrected chi connectivity index (χ0v) is 24.2. The molecule has 0 spiro atoms. The molecule has 0 unspecified atom stereocenters. The Morgan fingerprint density at radius 1 is 0.605 bits per heavy atom. The molecule has 8 aliphatic rings. The van der Waals surface area contributed by atoms with E-state index in [0.29, 0.717) is 24.7 Å². The van der Waals surface area contributed by atoms with Gasteiger partial charge in [-0.3, -0.25) is 19.2 Å². The predicted molar refractivity (Wildman–Crippen MR) is 149 cm³/mol. The Morgan fingerprint density at radius 2 is 0.974 bits per heavy atom. The highest BCUT2D eigenvalue weighted by Gasteiger charge is 2.53. The van der Waals surface area contributed by atoms with Gasteiger partial charge < -0.3 is 0 Å². The van der Waals surface area contributed by atoms with Gasteiger partial charge in [-0.25, -0.2) is 0 Å². The van der Waals surface area contributed by atoms with Crippen molar-refractivity contribution >= 4 is 23.1 Å². The first kappa shape index (κ1) is 27.2. The van der Waals surface area contributed by atoms with Gasteiger partial charge in [-0.05, 0) is 77.0 Å². The summed E-state index contributed by atoms with van der Waals surface area (Å²) in [6.45, 7) is 12.3. The van der Waals surface area contributed by atoms with E-state index in [9.17, 15) is 19.2 Å². The summed E-state index contributed by atoms with van der Waals surface area (Å²) in [4.78, 5) is 50.5. The number of hydrogen-bond acceptors (Lipinski definition) is 4. The molecule has 0 aromatic carbocycles. The molecule has 4 atom stereocenters. The first-order valence-electron chi connectivity index (χ1n) is 14.7. The van der Waals surface area contributed by atoms with Crippen molar-refractivity contribution in [3.63, 3.8) is 0 Å². The third-order valence-corrected chi connectivity index (χ3v) is 10.8. The van der Waals surface area contributed by atoms with Gasteiger partial charge in [0.2, 0.25) is 0 Å². The Balaban J connectivity index is 0.000000155. The second-order valence-electron chi connectivity index (χ2n) is 14.2. The van der Waals surface area contributed by atoms with E-state index in [1.165, 1.54) is 11.1 Å². The van der Waals surface area contributed by atoms with Crippen LogP contribution in [0.25, 0.3) is 0 Å². The number of fused-ring (bicyclic) bond motifs is 4. The van der Waals surface area contributed by atoms with Crippen LogP contribution in [0.4, 0.5) is 0 Å². The van der Waals surface area contributed by atoms with E-state index in [2.05, 4.69) is 26.0 Å². The summed E-state index contributed by atoms with van der Waals surface area (Å²) in [5.41, 5.74) is 2.44. The van der Waals surface area contributed by atoms with Gasteiger partial charge in [0.05, 0.1) is 10.8 Å². The third-order valence-electron chi connectivity index (χ3n) is 10.8. The summed E-state index contributed by atoms with van der Waals surface area (Å²) in [6, 6.07) is 0. The normalized spacial score (nSPS) is 37.1. The zero-order chi connectivity index (χ0) is 27.7. The number of carbonyl (C=O) groups is 4. The topological polar surface area (TPSA) is 68.3 Å². The molecule has 0 heterocycles. The Labute approximate surface area is 228 Å². The highest BCUT2D eigenvalue weighted by atomic mass is 16.1. The van der Waals surface area contributed by atoms with Crippen molar-refractivity contribution in [2.45, 2.75) is 106 Å². The molecule has 0 aliphatic heterocycles. The van der Waals surface area contributed by atoms with Crippen LogP contribution < -0.4 is 0 Å². The van der Waals surface area contributed by atoms with E-state index in [0.717, 1.165) is 62.5 Å². The summed E-state index contributed by atoms with van der Waals surface area (Å²) in [5, 5.41) is 0. The van der Waals surface area contributed by atoms with Crippen LogP contribution in [0.3, 0.4) is 0 Å². The fraction of sp³-hybridized carbons (Fsp3) is 0.647. The molecule has 8 rings (SSSR count). The van der Waals surface area contributed by atoms with E-state index < -0.39 is 10.8 Å². The van der Waals surface area contributed by atoms with E-state index >= 15 is 0 Å². The molecule has 4 bridgehead atoms. The summed E-state index contributed by atoms with van der Waals surface area (Å²) < 4.78 is 0. The minimum absolute atomic E-state index is 0.191. The third kappa shape index (κ3) is 4.09. The molecule has 4 heteroatoms. The minimum atomic E-state index is -0.576. The highest BCUT2D eigenvalue weighted by Crippen LogP contribution is 2.54. The lowest BCUT2D eigenvalue weighted by atomic mass is 9.55. The van der Waals surface area contributed by atoms with Crippen LogP contribution in [0.15, 0.2) is 46.6 Å². The summed E-state index contributed by atoms with van der Waals surface area (Å²) in [5.74, 6) is 1.79. The van der Waals surface area contributed by atoms with Crippen LogP contribution in [0, 0.1) is 33.5 Å². The van der Waals surface area contributed by atoms with Crippen molar-refractivity contribution in [1.29, 1.82) is 0 Å². The van der Waals surface area contributed by atoms with Gasteiger partial charge in [0, 0.05) is 34.8 Å². The SMILES string of the molecule is CC1=C[C@@]2(C3=CCCC(C)(C)C3=O)CC[C@@H]1CC2=O.CC1=C[C@@]2(C3=CCCC(C)(C)C3=O)CC[C@@H]1CC2=O. The smallest absolute Gasteiger partial charge is 0.165 e. The van der Waals surface area contributed by atoms with Crippen LogP contribution in [0.5, 0.6) is 0 Å². The quantitative estimate of drug-likeness (QED) is 0.363. The van der Waals surface area contributed by atoms with Crippen LogP contribution in [-0.2, 0) is 19.2 Å². The molecular formula is C34H44O4. The first-order valence-corrected chi connectivity index (χ1v) is 14.7. The fourth-order valence-corrected chi connectivity index (χ4v) is 7.99. The highest BCUT2D eigenvalue weighted by molar-refractivity contribution is 6.10. The largest absolute Gasteiger partial charge is 0.298 e. The average Bonchev–Trinajstić information content (AvgIpc) is 2.85. The molecule has 0 aromatic rings. The van der Waals surface area contributed by atoms with Gasteiger partial charge in [-0.2, -0.15) is 0 Å². The van der Waals surface area contributed by atoms with Crippen molar-refractivity contribution in [2.24, 2.45) is 33.5 Å². The van der Waals surface area contributed by atoms with E-state index in [1.807, 2.05) is 39.8 Å². The zero-order valence-electron chi connectivity index (χ0n) is 24.2. The van der Waals surface area contributed by atoms with Gasteiger partial charge in [-0.1, -0.05) is 63.1 Å². The molecular weight excluding hydrogens is 472 g/mol. The maximum atomic E-state index is 12.7. The van der Waals surface area contributed by atoms with Gasteiger partial charge in [0.1, 0.15) is 11.6 Å². The summed E-state index contributed by atoms with van der Waals surface area (Å²) in [6.07, 6.45) is 17.0. The minimum Gasteiger partial charge on any atom is -0.298 e. The number of carbonyl (C=O) groups excluding carboxylic acids is 4. The number of Topliss-reactive ketones (excluding diaryl/α,β-unsaturated/α-hetero) is 4. The molecule has 38 heavy (non-hydrogen) atoms. The maximum absolute atomic E-state index is 12.7. The lowest BCUT2D eigenvalue weighted by molar-refractivity contribution is -0.133. The Hall–Kier alpha value is -2.36. The first-order chi connectivity index (χ1) is 17.7. The number of ketones is 4. The monoisotopic (exact) mass is 516 g/mol. The van der Waals surface area contributed by atoms with Gasteiger partial charge >= 0.3 is 0 Å². The second kappa shape index (κ2) is 9.10. The van der Waals surface area contributed by atoms with Crippen molar-refractivity contribution in [3.05, 3.63) is 46.6 Å². The molecule has 0 radical (unpaired) electrons. The summed E-state index contributed by atoms with van der Waals surface area (Å²) >= 11 is 0. The van der Waals surface area contributed by atoms with E-state index in [-0.39, 0.29) is 34.0 Å². The standard InChI is InChI=1S/2C17H22O2/c2*1-11-10-17(8-6-12(11)9-14(17)18)13-5-4-7-16(2,3)15(13)19/h2*5,10,12H,4,6-9H2,1-3H3/t2*12-,17-/m11/s1. The lowest BCUT2D eigenvalue weighted by Crippen LogP contribution is -2.46. The number of hydrogen-bond donors (Lipinski definition) is 0. The molecule has 0 aromatic heterocycles. The molecule has 204 valence electrons. The molecule has 0 amide bonds. The second-order valence-corrected chi connectivity index (χ2v) is 14.2. The fourth-order valence-electron chi connectivity index (χ4n) is 7.99. The van der Waals surface area contributed by atoms with Crippen molar-refractivity contribution in [1.82, 2.24) is 0 Å². The average molecular weight is 517 g/mol. The number of allylic oxidation sites excluding steroid dienone is 8. The van der Waals surface area contributed by atoms with E-state index in [4.69, 9.17) is 0 Å². The lowest BCUT2D eigenvalue weighted by Gasteiger charge is -2.46. The summed E-state index contributed by atoms with van der Waals surface area (Å²) in [7, 11) is 0. The Morgan fingerprint density at radius 3 is 1.29 bits per heavy atom. The molecule has 8 aliphatic carbocycles. The van der Waals surface area contributed by atoms with Crippen molar-refractivity contribution in [3.8, 4) is 0 Å². The Kier molecular flexibility index (Phi) is 6.52. The van der Waals surface area contributed by atoms with Crippen molar-refractivity contribution < 1.29 is 19.2 Å². The number of rotatable bonds is 2. The van der Waals surface area contributed by atoms with Gasteiger partial charge in [0.25, 0.3) is 0 Å². The Bertz CT molecular complexity index is 1140. The molecule has 0 N–H and O–H groups in total. The maximum Gasteiger partial charge on any atom is 0.165 e. The van der Waals surface area contributed by atoms with E-state index in [1.54, 1.807) is 0 Å². The van der Waals surface area contributed by atoms with Gasteiger partial charge in [-0.15, -0.1) is 0 Å². The molecule has 2 saturated carbocycles. The van der Waals surface area contributed by atoms with Crippen molar-refractivity contribution in [2.75, 3.05) is 0 Å². The molecule has 4 nitrogen and oxygen atoms in total. The van der Waals surface area contributed by atoms with Crippen LogP contribution >= 0.6 is 0 Å². The predicted octanol–water partition coefficient (Wildman–Crippen LogP) is 7.23.